The number of piperazine rings is 1. The second-order valence-corrected chi connectivity index (χ2v) is 11.6. The second-order valence-electron chi connectivity index (χ2n) is 11.6. The van der Waals surface area contributed by atoms with E-state index in [2.05, 4.69) is 41.6 Å². The topological polar surface area (TPSA) is 119 Å². The Hall–Kier alpha value is -3.97. The van der Waals surface area contributed by atoms with Crippen LogP contribution in [0.3, 0.4) is 0 Å². The van der Waals surface area contributed by atoms with E-state index in [9.17, 15) is 15.2 Å². The molecule has 3 aromatic rings. The van der Waals surface area contributed by atoms with Crippen LogP contribution in [0.4, 0.5) is 5.82 Å². The van der Waals surface area contributed by atoms with Crippen LogP contribution in [0.25, 0.3) is 16.6 Å². The fourth-order valence-electron chi connectivity index (χ4n) is 5.50. The van der Waals surface area contributed by atoms with Crippen LogP contribution in [-0.2, 0) is 4.79 Å². The normalized spacial score (nSPS) is 19.5. The summed E-state index contributed by atoms with van der Waals surface area (Å²) in [6.07, 6.45) is 6.74. The van der Waals surface area contributed by atoms with E-state index in [1.165, 1.54) is 6.20 Å². The van der Waals surface area contributed by atoms with Gasteiger partial charge < -0.3 is 19.6 Å². The van der Waals surface area contributed by atoms with Crippen molar-refractivity contribution < 1.29 is 14.6 Å². The molecule has 2 bridgehead atoms. The zero-order valence-corrected chi connectivity index (χ0v) is 22.9. The number of hydrogen-bond donors (Lipinski definition) is 1. The van der Waals surface area contributed by atoms with Gasteiger partial charge >= 0.3 is 0 Å². The summed E-state index contributed by atoms with van der Waals surface area (Å²) in [4.78, 5) is 26.2. The molecule has 6 heterocycles. The van der Waals surface area contributed by atoms with Crippen LogP contribution in [0.15, 0.2) is 41.8 Å². The highest BCUT2D eigenvalue weighted by molar-refractivity contribution is 5.86. The number of aliphatic imine (C=N–C) groups is 1. The van der Waals surface area contributed by atoms with Gasteiger partial charge in [-0.25, -0.2) is 9.50 Å². The number of hydrogen-bond acceptors (Lipinski definition) is 8. The maximum absolute atomic E-state index is 13.1. The van der Waals surface area contributed by atoms with Crippen molar-refractivity contribution in [3.63, 3.8) is 0 Å². The van der Waals surface area contributed by atoms with Gasteiger partial charge in [-0.3, -0.25) is 9.79 Å². The Labute approximate surface area is 228 Å². The number of carbonyl (C=O) groups excluding carboxylic acids is 1. The summed E-state index contributed by atoms with van der Waals surface area (Å²) < 4.78 is 7.45. The van der Waals surface area contributed by atoms with Crippen molar-refractivity contribution >= 4 is 24.0 Å². The van der Waals surface area contributed by atoms with Crippen molar-refractivity contribution in [3.8, 4) is 22.9 Å². The number of aliphatic hydroxyl groups is 1. The summed E-state index contributed by atoms with van der Waals surface area (Å²) in [6, 6.07) is 7.95. The average molecular weight is 530 g/mol. The molecule has 0 aromatic carbocycles. The zero-order chi connectivity index (χ0) is 27.9. The smallest absolute Gasteiger partial charge is 0.247 e. The van der Waals surface area contributed by atoms with E-state index in [-0.39, 0.29) is 30.6 Å². The number of anilines is 1. The highest BCUT2D eigenvalue weighted by Gasteiger charge is 2.48. The fourth-order valence-corrected chi connectivity index (χ4v) is 5.50. The van der Waals surface area contributed by atoms with Crippen LogP contribution in [-0.4, -0.2) is 80.7 Å². The molecule has 3 unspecified atom stereocenters. The minimum atomic E-state index is -0.993. The number of pyridine rings is 2. The minimum Gasteiger partial charge on any atom is -0.489 e. The first kappa shape index (κ1) is 26.6. The van der Waals surface area contributed by atoms with Crippen LogP contribution < -0.4 is 9.64 Å². The van der Waals surface area contributed by atoms with E-state index in [1.54, 1.807) is 30.8 Å². The number of fused-ring (bicyclic) bond motifs is 3. The lowest BCUT2D eigenvalue weighted by Crippen LogP contribution is -2.71. The Morgan fingerprint density at radius 1 is 1.31 bits per heavy atom. The zero-order valence-electron chi connectivity index (χ0n) is 22.9. The van der Waals surface area contributed by atoms with Crippen LogP contribution >= 0.6 is 0 Å². The number of nitrogens with zero attached hydrogens (tertiary/aromatic N) is 7. The fraction of sp³-hybridized carbons (Fsp3) is 0.483. The van der Waals surface area contributed by atoms with E-state index in [0.717, 1.165) is 36.5 Å². The Morgan fingerprint density at radius 3 is 2.64 bits per heavy atom. The lowest BCUT2D eigenvalue weighted by atomic mass is 9.85. The van der Waals surface area contributed by atoms with Gasteiger partial charge in [-0.1, -0.05) is 13.8 Å². The third-order valence-corrected chi connectivity index (χ3v) is 7.33. The van der Waals surface area contributed by atoms with E-state index < -0.39 is 5.60 Å². The number of amides is 1. The van der Waals surface area contributed by atoms with E-state index >= 15 is 0 Å². The first-order chi connectivity index (χ1) is 18.6. The van der Waals surface area contributed by atoms with E-state index in [4.69, 9.17) is 9.72 Å². The third kappa shape index (κ3) is 5.32. The lowest BCUT2D eigenvalue weighted by molar-refractivity contribution is -0.147. The molecule has 10 heteroatoms. The molecular weight excluding hydrogens is 494 g/mol. The van der Waals surface area contributed by atoms with Gasteiger partial charge in [-0.05, 0) is 57.5 Å². The molecular formula is C29H35N7O3. The molecule has 3 aromatic heterocycles. The summed E-state index contributed by atoms with van der Waals surface area (Å²) >= 11 is 0. The highest BCUT2D eigenvalue weighted by Crippen LogP contribution is 2.36. The summed E-state index contributed by atoms with van der Waals surface area (Å²) in [6.45, 7) is 12.8. The number of rotatable bonds is 9. The van der Waals surface area contributed by atoms with E-state index in [0.29, 0.717) is 29.2 Å². The number of piperidine rings is 1. The standard InChI is InChI=1S/C29H35N7O3/c1-18(2)8-25(31-5)28(37)36-21-9-22(36)15-34(14-21)26-7-6-19(12-32-26)24-10-23(39-17-29(3,4)38)16-35-27(24)20(11-30)13-33-35/h6-7,10,12-13,16,18,21-22,25,38H,5,8-9,14-15,17H2,1-4H3. The summed E-state index contributed by atoms with van der Waals surface area (Å²) in [5.41, 5.74) is 1.72. The summed E-state index contributed by atoms with van der Waals surface area (Å²) in [7, 11) is 0. The summed E-state index contributed by atoms with van der Waals surface area (Å²) in [5.74, 6) is 1.85. The number of nitriles is 1. The van der Waals surface area contributed by atoms with Crippen molar-refractivity contribution in [1.82, 2.24) is 19.5 Å². The quantitative estimate of drug-likeness (QED) is 0.422. The van der Waals surface area contributed by atoms with Gasteiger partial charge in [0.15, 0.2) is 0 Å². The van der Waals surface area contributed by atoms with Gasteiger partial charge in [0, 0.05) is 30.4 Å². The Kier molecular flexibility index (Phi) is 7.03. The monoisotopic (exact) mass is 529 g/mol. The van der Waals surface area contributed by atoms with Crippen LogP contribution in [0.5, 0.6) is 5.75 Å². The van der Waals surface area contributed by atoms with Gasteiger partial charge in [0.05, 0.1) is 41.2 Å². The van der Waals surface area contributed by atoms with Crippen molar-refractivity contribution in [2.75, 3.05) is 24.6 Å². The van der Waals surface area contributed by atoms with Gasteiger partial charge in [0.25, 0.3) is 0 Å². The molecule has 1 N–H and O–H groups in total. The molecule has 204 valence electrons. The molecule has 3 aliphatic heterocycles. The molecule has 0 saturated carbocycles. The molecule has 3 atom stereocenters. The molecule has 0 aliphatic carbocycles. The predicted molar refractivity (Wildman–Crippen MR) is 149 cm³/mol. The van der Waals surface area contributed by atoms with Crippen molar-refractivity contribution in [1.29, 1.82) is 5.26 Å². The van der Waals surface area contributed by atoms with Crippen LogP contribution in [0, 0.1) is 17.2 Å². The molecule has 3 saturated heterocycles. The van der Waals surface area contributed by atoms with Gasteiger partial charge in [0.2, 0.25) is 5.91 Å². The van der Waals surface area contributed by atoms with Gasteiger partial charge in [0.1, 0.15) is 30.3 Å². The van der Waals surface area contributed by atoms with Crippen molar-refractivity contribution in [2.24, 2.45) is 10.9 Å². The molecule has 6 rings (SSSR count). The average Bonchev–Trinajstić information content (AvgIpc) is 3.33. The van der Waals surface area contributed by atoms with Crippen LogP contribution in [0.2, 0.25) is 0 Å². The van der Waals surface area contributed by atoms with Crippen molar-refractivity contribution in [2.45, 2.75) is 64.3 Å². The first-order valence-corrected chi connectivity index (χ1v) is 13.3. The second kappa shape index (κ2) is 10.3. The molecule has 3 aliphatic rings. The number of carbonyl (C=O) groups is 1. The maximum atomic E-state index is 13.1. The SMILES string of the molecule is C=NC(CC(C)C)C(=O)N1C2CC1CN(c1ccc(-c3cc(OCC(C)(C)O)cn4ncc(C#N)c34)cn1)C2. The Bertz CT molecular complexity index is 1410. The van der Waals surface area contributed by atoms with Gasteiger partial charge in [-0.15, -0.1) is 0 Å². The molecule has 39 heavy (non-hydrogen) atoms. The Morgan fingerprint density at radius 2 is 2.05 bits per heavy atom. The Balaban J connectivity index is 1.35. The first-order valence-electron chi connectivity index (χ1n) is 13.3. The molecule has 3 fully saturated rings. The molecule has 0 spiro atoms. The molecule has 0 radical (unpaired) electrons. The maximum Gasteiger partial charge on any atom is 0.247 e. The molecule has 1 amide bonds. The lowest BCUT2D eigenvalue weighted by Gasteiger charge is -2.57. The largest absolute Gasteiger partial charge is 0.489 e. The van der Waals surface area contributed by atoms with Crippen LogP contribution in [0.1, 0.15) is 46.1 Å². The number of ether oxygens (including phenoxy) is 1. The highest BCUT2D eigenvalue weighted by atomic mass is 16.5. The summed E-state index contributed by atoms with van der Waals surface area (Å²) in [5, 5.41) is 24.0. The number of aromatic nitrogens is 3. The van der Waals surface area contributed by atoms with E-state index in [1.807, 2.05) is 23.1 Å². The minimum absolute atomic E-state index is 0.0905. The third-order valence-electron chi connectivity index (χ3n) is 7.33. The predicted octanol–water partition coefficient (Wildman–Crippen LogP) is 3.32. The van der Waals surface area contributed by atoms with Gasteiger partial charge in [-0.2, -0.15) is 10.4 Å². The van der Waals surface area contributed by atoms with Crippen molar-refractivity contribution in [3.05, 3.63) is 42.4 Å². The molecule has 10 nitrogen and oxygen atoms in total.